The molecule has 2 aliphatic rings. The van der Waals surface area contributed by atoms with Gasteiger partial charge in [-0.1, -0.05) is 0 Å². The molecule has 0 saturated carbocycles. The number of rotatable bonds is 5. The summed E-state index contributed by atoms with van der Waals surface area (Å²) in [7, 11) is -3.57. The first-order valence-electron chi connectivity index (χ1n) is 10.4. The molecule has 11 heteroatoms. The fourth-order valence-electron chi connectivity index (χ4n) is 4.10. The Morgan fingerprint density at radius 2 is 1.50 bits per heavy atom. The number of sulfonamides is 1. The summed E-state index contributed by atoms with van der Waals surface area (Å²) in [5.74, 6) is 1.62. The summed E-state index contributed by atoms with van der Waals surface area (Å²) < 4.78 is 35.1. The van der Waals surface area contributed by atoms with Gasteiger partial charge in [-0.3, -0.25) is 4.68 Å². The van der Waals surface area contributed by atoms with Crippen LogP contribution in [0.2, 0.25) is 0 Å². The average molecular weight is 436 g/mol. The quantitative estimate of drug-likeness (QED) is 0.676. The zero-order valence-corrected chi connectivity index (χ0v) is 18.6. The molecular formula is C19H29N7O3S. The fourth-order valence-corrected chi connectivity index (χ4v) is 5.89. The largest absolute Gasteiger partial charge is 0.378 e. The van der Waals surface area contributed by atoms with Gasteiger partial charge in [-0.2, -0.15) is 9.40 Å². The molecule has 0 aliphatic carbocycles. The Bertz CT molecular complexity index is 976. The lowest BCUT2D eigenvalue weighted by Crippen LogP contribution is -2.49. The molecule has 0 atom stereocenters. The summed E-state index contributed by atoms with van der Waals surface area (Å²) in [6.07, 6.45) is 0. The lowest BCUT2D eigenvalue weighted by molar-refractivity contribution is 0.122. The van der Waals surface area contributed by atoms with Crippen LogP contribution in [0.5, 0.6) is 0 Å². The van der Waals surface area contributed by atoms with Crippen molar-refractivity contribution >= 4 is 21.7 Å². The van der Waals surface area contributed by atoms with E-state index in [0.29, 0.717) is 62.2 Å². The van der Waals surface area contributed by atoms with Gasteiger partial charge in [0.1, 0.15) is 4.90 Å². The van der Waals surface area contributed by atoms with Crippen LogP contribution < -0.4 is 9.80 Å². The Balaban J connectivity index is 1.43. The molecule has 4 heterocycles. The minimum atomic E-state index is -3.57. The highest BCUT2D eigenvalue weighted by molar-refractivity contribution is 7.89. The maximum Gasteiger partial charge on any atom is 0.246 e. The van der Waals surface area contributed by atoms with E-state index in [9.17, 15) is 8.42 Å². The van der Waals surface area contributed by atoms with Crippen LogP contribution in [-0.4, -0.2) is 85.2 Å². The summed E-state index contributed by atoms with van der Waals surface area (Å²) in [4.78, 5) is 4.58. The summed E-state index contributed by atoms with van der Waals surface area (Å²) in [6, 6.07) is 3.93. The van der Waals surface area contributed by atoms with E-state index in [0.717, 1.165) is 24.7 Å². The maximum absolute atomic E-state index is 13.2. The van der Waals surface area contributed by atoms with Gasteiger partial charge in [0.05, 0.1) is 24.6 Å². The van der Waals surface area contributed by atoms with Crippen molar-refractivity contribution in [2.45, 2.75) is 32.2 Å². The van der Waals surface area contributed by atoms with Gasteiger partial charge in [0, 0.05) is 45.8 Å². The van der Waals surface area contributed by atoms with Gasteiger partial charge in [0.25, 0.3) is 0 Å². The second-order valence-corrected chi connectivity index (χ2v) is 9.43. The number of piperazine rings is 1. The molecule has 0 aromatic carbocycles. The molecule has 2 aliphatic heterocycles. The Morgan fingerprint density at radius 3 is 2.00 bits per heavy atom. The number of hydrogen-bond acceptors (Lipinski definition) is 8. The van der Waals surface area contributed by atoms with Crippen LogP contribution in [0.4, 0.5) is 11.6 Å². The fraction of sp³-hybridized carbons (Fsp3) is 0.632. The molecule has 30 heavy (non-hydrogen) atoms. The van der Waals surface area contributed by atoms with Crippen LogP contribution in [0.15, 0.2) is 17.0 Å². The average Bonchev–Trinajstić information content (AvgIpc) is 3.08. The van der Waals surface area contributed by atoms with Crippen LogP contribution in [0.1, 0.15) is 18.3 Å². The third-order valence-electron chi connectivity index (χ3n) is 5.75. The van der Waals surface area contributed by atoms with E-state index >= 15 is 0 Å². The number of anilines is 2. The minimum absolute atomic E-state index is 0.340. The molecule has 2 saturated heterocycles. The SMILES string of the molecule is CCn1nc(C)c(S(=O)(=O)N2CCN(c3ccc(N4CCOCC4)nn3)CC2)c1C. The first-order valence-corrected chi connectivity index (χ1v) is 11.8. The highest BCUT2D eigenvalue weighted by Crippen LogP contribution is 2.25. The third kappa shape index (κ3) is 3.88. The van der Waals surface area contributed by atoms with E-state index in [-0.39, 0.29) is 0 Å². The highest BCUT2D eigenvalue weighted by atomic mass is 32.2. The van der Waals surface area contributed by atoms with Gasteiger partial charge >= 0.3 is 0 Å². The van der Waals surface area contributed by atoms with Crippen molar-refractivity contribution in [3.05, 3.63) is 23.5 Å². The Hall–Kier alpha value is -2.24. The lowest BCUT2D eigenvalue weighted by Gasteiger charge is -2.34. The summed E-state index contributed by atoms with van der Waals surface area (Å²) in [5.41, 5.74) is 1.25. The third-order valence-corrected chi connectivity index (χ3v) is 7.90. The van der Waals surface area contributed by atoms with Gasteiger partial charge in [0.2, 0.25) is 10.0 Å². The number of nitrogens with zero attached hydrogens (tertiary/aromatic N) is 7. The standard InChI is InChI=1S/C19H29N7O3S/c1-4-26-16(3)19(15(2)22-26)30(27,28)25-9-7-23(8-10-25)17-5-6-18(21-20-17)24-11-13-29-14-12-24/h5-6H,4,7-14H2,1-3H3. The van der Waals surface area contributed by atoms with Crippen LogP contribution in [0.25, 0.3) is 0 Å². The molecule has 0 N–H and O–H groups in total. The van der Waals surface area contributed by atoms with Crippen molar-refractivity contribution in [2.75, 3.05) is 62.3 Å². The van der Waals surface area contributed by atoms with Crippen molar-refractivity contribution in [3.8, 4) is 0 Å². The van der Waals surface area contributed by atoms with Crippen LogP contribution >= 0.6 is 0 Å². The van der Waals surface area contributed by atoms with Gasteiger partial charge < -0.3 is 14.5 Å². The van der Waals surface area contributed by atoms with Crippen LogP contribution in [0, 0.1) is 13.8 Å². The number of aryl methyl sites for hydroxylation is 2. The molecule has 164 valence electrons. The molecule has 0 spiro atoms. The van der Waals surface area contributed by atoms with E-state index in [1.807, 2.05) is 26.0 Å². The van der Waals surface area contributed by atoms with E-state index in [1.54, 1.807) is 15.9 Å². The van der Waals surface area contributed by atoms with E-state index < -0.39 is 10.0 Å². The van der Waals surface area contributed by atoms with E-state index in [4.69, 9.17) is 4.74 Å². The molecular weight excluding hydrogens is 406 g/mol. The maximum atomic E-state index is 13.2. The predicted octanol–water partition coefficient (Wildman–Crippen LogP) is 0.657. The molecule has 0 unspecified atom stereocenters. The van der Waals surface area contributed by atoms with Crippen molar-refractivity contribution in [3.63, 3.8) is 0 Å². The lowest BCUT2D eigenvalue weighted by atomic mass is 10.3. The second kappa shape index (κ2) is 8.48. The van der Waals surface area contributed by atoms with Crippen molar-refractivity contribution in [1.29, 1.82) is 0 Å². The second-order valence-electron chi connectivity index (χ2n) is 7.56. The van der Waals surface area contributed by atoms with Gasteiger partial charge in [-0.25, -0.2) is 8.42 Å². The summed E-state index contributed by atoms with van der Waals surface area (Å²) >= 11 is 0. The first kappa shape index (κ1) is 21.0. The van der Waals surface area contributed by atoms with Crippen molar-refractivity contribution < 1.29 is 13.2 Å². The molecule has 0 amide bonds. The molecule has 0 bridgehead atoms. The van der Waals surface area contributed by atoms with Crippen molar-refractivity contribution in [1.82, 2.24) is 24.3 Å². The number of morpholine rings is 1. The normalized spacial score (nSPS) is 18.8. The topological polar surface area (TPSA) is 96.7 Å². The van der Waals surface area contributed by atoms with Gasteiger partial charge in [0.15, 0.2) is 11.6 Å². The van der Waals surface area contributed by atoms with E-state index in [2.05, 4.69) is 25.1 Å². The monoisotopic (exact) mass is 435 g/mol. The van der Waals surface area contributed by atoms with Crippen molar-refractivity contribution in [2.24, 2.45) is 0 Å². The highest BCUT2D eigenvalue weighted by Gasteiger charge is 2.33. The Morgan fingerprint density at radius 1 is 0.933 bits per heavy atom. The molecule has 2 aromatic rings. The molecule has 10 nitrogen and oxygen atoms in total. The van der Waals surface area contributed by atoms with E-state index in [1.165, 1.54) is 0 Å². The predicted molar refractivity (Wildman–Crippen MR) is 113 cm³/mol. The van der Waals surface area contributed by atoms with Crippen LogP contribution in [0.3, 0.4) is 0 Å². The Kier molecular flexibility index (Phi) is 5.94. The van der Waals surface area contributed by atoms with Crippen LogP contribution in [-0.2, 0) is 21.3 Å². The zero-order chi connectivity index (χ0) is 21.3. The molecule has 2 aromatic heterocycles. The summed E-state index contributed by atoms with van der Waals surface area (Å²) in [5, 5.41) is 13.1. The molecule has 4 rings (SSSR count). The van der Waals surface area contributed by atoms with Gasteiger partial charge in [-0.05, 0) is 32.9 Å². The number of ether oxygens (including phenoxy) is 1. The molecule has 2 fully saturated rings. The number of hydrogen-bond donors (Lipinski definition) is 0. The first-order chi connectivity index (χ1) is 14.4. The zero-order valence-electron chi connectivity index (χ0n) is 17.8. The Labute approximate surface area is 177 Å². The molecule has 0 radical (unpaired) electrons. The number of aromatic nitrogens is 4. The minimum Gasteiger partial charge on any atom is -0.378 e. The van der Waals surface area contributed by atoms with Gasteiger partial charge in [-0.15, -0.1) is 10.2 Å². The smallest absolute Gasteiger partial charge is 0.246 e. The summed E-state index contributed by atoms with van der Waals surface area (Å²) in [6.45, 7) is 11.2.